The zero-order valence-electron chi connectivity index (χ0n) is 14.2. The van der Waals surface area contributed by atoms with Gasteiger partial charge < -0.3 is 15.2 Å². The highest BCUT2D eigenvalue weighted by Crippen LogP contribution is 2.37. The normalized spacial score (nSPS) is 14.2. The van der Waals surface area contributed by atoms with Gasteiger partial charge in [0.25, 0.3) is 5.91 Å². The van der Waals surface area contributed by atoms with Crippen LogP contribution in [0.25, 0.3) is 22.8 Å². The average molecular weight is 343 g/mol. The molecule has 0 fully saturated rings. The lowest BCUT2D eigenvalue weighted by Crippen LogP contribution is -2.03. The monoisotopic (exact) mass is 343 g/mol. The first kappa shape index (κ1) is 16.0. The first-order valence-electron chi connectivity index (χ1n) is 8.25. The van der Waals surface area contributed by atoms with Gasteiger partial charge in [-0.15, -0.1) is 0 Å². The number of hydrogen-bond donors (Lipinski definition) is 2. The van der Waals surface area contributed by atoms with Crippen molar-refractivity contribution in [2.75, 3.05) is 12.4 Å². The van der Waals surface area contributed by atoms with Gasteiger partial charge in [0.2, 0.25) is 0 Å². The number of para-hydroxylation sites is 1. The molecule has 0 aromatic heterocycles. The molecule has 0 bridgehead atoms. The van der Waals surface area contributed by atoms with Crippen molar-refractivity contribution in [2.45, 2.75) is 0 Å². The molecule has 0 radical (unpaired) electrons. The van der Waals surface area contributed by atoms with Gasteiger partial charge in [-0.25, -0.2) is 0 Å². The quantitative estimate of drug-likeness (QED) is 0.685. The third-order valence-electron chi connectivity index (χ3n) is 4.44. The van der Waals surface area contributed by atoms with E-state index >= 15 is 0 Å². The van der Waals surface area contributed by atoms with Crippen molar-refractivity contribution in [1.29, 1.82) is 0 Å². The van der Waals surface area contributed by atoms with E-state index in [2.05, 4.69) is 5.32 Å². The highest BCUT2D eigenvalue weighted by atomic mass is 16.5. The number of hydrogen-bond acceptors (Lipinski definition) is 3. The van der Waals surface area contributed by atoms with Crippen LogP contribution in [-0.4, -0.2) is 18.1 Å². The molecule has 1 heterocycles. The van der Waals surface area contributed by atoms with Gasteiger partial charge in [0, 0.05) is 22.4 Å². The van der Waals surface area contributed by atoms with E-state index in [0.29, 0.717) is 11.1 Å². The zero-order chi connectivity index (χ0) is 18.1. The summed E-state index contributed by atoms with van der Waals surface area (Å²) in [5.74, 6) is 0.757. The maximum Gasteiger partial charge on any atom is 0.256 e. The third kappa shape index (κ3) is 2.82. The molecule has 4 nitrogen and oxygen atoms in total. The Morgan fingerprint density at radius 2 is 1.77 bits per heavy atom. The van der Waals surface area contributed by atoms with Crippen LogP contribution in [0, 0.1) is 0 Å². The highest BCUT2D eigenvalue weighted by Gasteiger charge is 2.24. The van der Waals surface area contributed by atoms with Crippen molar-refractivity contribution < 1.29 is 14.6 Å². The Bertz CT molecular complexity index is 1040. The van der Waals surface area contributed by atoms with E-state index in [9.17, 15) is 9.90 Å². The molecule has 0 unspecified atom stereocenters. The first-order valence-corrected chi connectivity index (χ1v) is 8.25. The lowest BCUT2D eigenvalue weighted by molar-refractivity contribution is -0.110. The van der Waals surface area contributed by atoms with Crippen LogP contribution in [0.3, 0.4) is 0 Å². The van der Waals surface area contributed by atoms with E-state index < -0.39 is 0 Å². The van der Waals surface area contributed by atoms with Crippen LogP contribution >= 0.6 is 0 Å². The molecule has 1 aliphatic heterocycles. The molecule has 0 spiro atoms. The van der Waals surface area contributed by atoms with E-state index in [4.69, 9.17) is 4.74 Å². The number of rotatable bonds is 3. The number of ether oxygens (including phenoxy) is 1. The molecule has 26 heavy (non-hydrogen) atoms. The second kappa shape index (κ2) is 6.41. The number of nitrogens with one attached hydrogen (secondary N) is 1. The Kier molecular flexibility index (Phi) is 3.93. The fourth-order valence-corrected chi connectivity index (χ4v) is 3.09. The molecule has 128 valence electrons. The largest absolute Gasteiger partial charge is 0.507 e. The first-order chi connectivity index (χ1) is 12.7. The fourth-order valence-electron chi connectivity index (χ4n) is 3.09. The number of aromatic hydroxyl groups is 1. The molecule has 4 rings (SSSR count). The van der Waals surface area contributed by atoms with Gasteiger partial charge >= 0.3 is 0 Å². The number of benzene rings is 3. The molecule has 0 atom stereocenters. The summed E-state index contributed by atoms with van der Waals surface area (Å²) in [6.45, 7) is 0. The van der Waals surface area contributed by atoms with Crippen LogP contribution in [0.2, 0.25) is 0 Å². The van der Waals surface area contributed by atoms with Crippen molar-refractivity contribution >= 4 is 23.2 Å². The second-order valence-corrected chi connectivity index (χ2v) is 6.06. The van der Waals surface area contributed by atoms with Crippen molar-refractivity contribution in [3.05, 3.63) is 77.9 Å². The molecule has 3 aromatic carbocycles. The van der Waals surface area contributed by atoms with Gasteiger partial charge in [-0.05, 0) is 41.5 Å². The summed E-state index contributed by atoms with van der Waals surface area (Å²) in [6, 6.07) is 20.6. The van der Waals surface area contributed by atoms with Crippen LogP contribution in [0.5, 0.6) is 11.5 Å². The fraction of sp³-hybridized carbons (Fsp3) is 0.0455. The lowest BCUT2D eigenvalue weighted by atomic mass is 9.99. The van der Waals surface area contributed by atoms with Crippen molar-refractivity contribution in [1.82, 2.24) is 0 Å². The van der Waals surface area contributed by atoms with Gasteiger partial charge in [-0.3, -0.25) is 4.79 Å². The van der Waals surface area contributed by atoms with Crippen molar-refractivity contribution in [2.24, 2.45) is 0 Å². The van der Waals surface area contributed by atoms with Crippen molar-refractivity contribution in [3.8, 4) is 22.6 Å². The topological polar surface area (TPSA) is 58.6 Å². The standard InChI is InChI=1S/C22H17NO3/c1-26-17-7-4-6-14(11-17)15-9-10-18-19(22(25)23-20(18)13-15)12-16-5-2-3-8-21(16)24/h2-13,24H,1H3,(H,23,25). The molecule has 0 saturated heterocycles. The molecular formula is C22H17NO3. The van der Waals surface area contributed by atoms with E-state index in [1.54, 1.807) is 31.4 Å². The number of fused-ring (bicyclic) bond motifs is 1. The predicted octanol–water partition coefficient (Wildman–Crippen LogP) is 4.56. The van der Waals surface area contributed by atoms with Gasteiger partial charge in [0.1, 0.15) is 11.5 Å². The zero-order valence-corrected chi connectivity index (χ0v) is 14.2. The number of carbonyl (C=O) groups excluding carboxylic acids is 1. The Morgan fingerprint density at radius 1 is 0.962 bits per heavy atom. The summed E-state index contributed by atoms with van der Waals surface area (Å²) < 4.78 is 5.28. The summed E-state index contributed by atoms with van der Waals surface area (Å²) >= 11 is 0. The summed E-state index contributed by atoms with van der Waals surface area (Å²) in [6.07, 6.45) is 1.71. The molecule has 1 amide bonds. The van der Waals surface area contributed by atoms with Crippen LogP contribution in [0.15, 0.2) is 66.7 Å². The minimum absolute atomic E-state index is 0.147. The molecular weight excluding hydrogens is 326 g/mol. The Hall–Kier alpha value is -3.53. The second-order valence-electron chi connectivity index (χ2n) is 6.06. The Balaban J connectivity index is 1.75. The Labute approximate surface area is 151 Å². The molecule has 2 N–H and O–H groups in total. The SMILES string of the molecule is COc1cccc(-c2ccc3c(c2)NC(=O)C3=Cc2ccccc2O)c1. The highest BCUT2D eigenvalue weighted by molar-refractivity contribution is 6.35. The van der Waals surface area contributed by atoms with Crippen molar-refractivity contribution in [3.63, 3.8) is 0 Å². The number of amides is 1. The maximum absolute atomic E-state index is 12.4. The molecule has 3 aromatic rings. The number of phenols is 1. The summed E-state index contributed by atoms with van der Waals surface area (Å²) in [4.78, 5) is 12.4. The van der Waals surface area contributed by atoms with Crippen LogP contribution < -0.4 is 10.1 Å². The summed E-state index contributed by atoms with van der Waals surface area (Å²) in [5.41, 5.74) is 4.74. The van der Waals surface area contributed by atoms with Crippen LogP contribution in [0.4, 0.5) is 5.69 Å². The summed E-state index contributed by atoms with van der Waals surface area (Å²) in [7, 11) is 1.64. The minimum Gasteiger partial charge on any atom is -0.507 e. The van der Waals surface area contributed by atoms with E-state index in [1.165, 1.54) is 0 Å². The smallest absolute Gasteiger partial charge is 0.256 e. The number of phenolic OH excluding ortho intramolecular Hbond substituents is 1. The van der Waals surface area contributed by atoms with E-state index in [0.717, 1.165) is 28.1 Å². The maximum atomic E-state index is 12.4. The van der Waals surface area contributed by atoms with Gasteiger partial charge in [-0.1, -0.05) is 42.5 Å². The minimum atomic E-state index is -0.175. The molecule has 0 aliphatic carbocycles. The molecule has 0 saturated carbocycles. The molecule has 4 heteroatoms. The number of anilines is 1. The Morgan fingerprint density at radius 3 is 2.58 bits per heavy atom. The molecule has 1 aliphatic rings. The number of carbonyl (C=O) groups is 1. The van der Waals surface area contributed by atoms with Gasteiger partial charge in [0.15, 0.2) is 0 Å². The van der Waals surface area contributed by atoms with Gasteiger partial charge in [-0.2, -0.15) is 0 Å². The van der Waals surface area contributed by atoms with E-state index in [1.807, 2.05) is 48.5 Å². The van der Waals surface area contributed by atoms with Crippen LogP contribution in [-0.2, 0) is 4.79 Å². The van der Waals surface area contributed by atoms with Crippen LogP contribution in [0.1, 0.15) is 11.1 Å². The lowest BCUT2D eigenvalue weighted by Gasteiger charge is -2.07. The predicted molar refractivity (Wildman–Crippen MR) is 103 cm³/mol. The number of methoxy groups -OCH3 is 1. The average Bonchev–Trinajstić information content (AvgIpc) is 2.98. The summed E-state index contributed by atoms with van der Waals surface area (Å²) in [5, 5.41) is 12.9. The van der Waals surface area contributed by atoms with E-state index in [-0.39, 0.29) is 11.7 Å². The van der Waals surface area contributed by atoms with Gasteiger partial charge in [0.05, 0.1) is 7.11 Å². The third-order valence-corrected chi connectivity index (χ3v) is 4.44.